The quantitative estimate of drug-likeness (QED) is 0.543. The van der Waals surface area contributed by atoms with Crippen LogP contribution in [0.1, 0.15) is 102 Å². The van der Waals surface area contributed by atoms with Crippen molar-refractivity contribution in [2.75, 3.05) is 13.2 Å². The van der Waals surface area contributed by atoms with Gasteiger partial charge in [0.15, 0.2) is 6.29 Å². The van der Waals surface area contributed by atoms with Crippen molar-refractivity contribution in [1.82, 2.24) is 0 Å². The van der Waals surface area contributed by atoms with Crippen LogP contribution in [0.15, 0.2) is 24.3 Å². The van der Waals surface area contributed by atoms with Crippen LogP contribution in [0, 0.1) is 17.8 Å². The molecule has 0 atom stereocenters. The van der Waals surface area contributed by atoms with E-state index in [0.717, 1.165) is 31.0 Å². The average molecular weight is 387 g/mol. The zero-order valence-electron chi connectivity index (χ0n) is 18.7. The fourth-order valence-corrected chi connectivity index (χ4v) is 5.17. The molecule has 1 saturated heterocycles. The summed E-state index contributed by atoms with van der Waals surface area (Å²) in [5.74, 6) is 3.59. The normalized spacial score (nSPS) is 36.3. The van der Waals surface area contributed by atoms with Crippen molar-refractivity contribution in [3.8, 4) is 0 Å². The predicted molar refractivity (Wildman–Crippen MR) is 118 cm³/mol. The molecule has 0 amide bonds. The smallest absolute Gasteiger partial charge is 0.160 e. The van der Waals surface area contributed by atoms with E-state index >= 15 is 0 Å². The van der Waals surface area contributed by atoms with Crippen LogP contribution in [-0.4, -0.2) is 19.5 Å². The van der Waals surface area contributed by atoms with Crippen LogP contribution in [0.5, 0.6) is 0 Å². The van der Waals surface area contributed by atoms with Gasteiger partial charge in [-0.2, -0.15) is 0 Å². The summed E-state index contributed by atoms with van der Waals surface area (Å²) in [6.07, 6.45) is 10.7. The number of hydrogen-bond acceptors (Lipinski definition) is 2. The topological polar surface area (TPSA) is 18.5 Å². The Morgan fingerprint density at radius 2 is 1.04 bits per heavy atom. The van der Waals surface area contributed by atoms with Gasteiger partial charge in [-0.3, -0.25) is 0 Å². The van der Waals surface area contributed by atoms with Gasteiger partial charge in [0, 0.05) is 11.8 Å². The van der Waals surface area contributed by atoms with Crippen LogP contribution in [0.25, 0.3) is 0 Å². The van der Waals surface area contributed by atoms with E-state index in [9.17, 15) is 0 Å². The van der Waals surface area contributed by atoms with Crippen LogP contribution >= 0.6 is 0 Å². The van der Waals surface area contributed by atoms with Gasteiger partial charge < -0.3 is 9.47 Å². The summed E-state index contributed by atoms with van der Waals surface area (Å²) in [4.78, 5) is 0. The first-order chi connectivity index (χ1) is 13.7. The van der Waals surface area contributed by atoms with E-state index in [1.54, 1.807) is 0 Å². The summed E-state index contributed by atoms with van der Waals surface area (Å²) < 4.78 is 12.3. The molecule has 0 radical (unpaired) electrons. The van der Waals surface area contributed by atoms with E-state index in [4.69, 9.17) is 9.47 Å². The molecule has 2 heteroatoms. The van der Waals surface area contributed by atoms with Crippen molar-refractivity contribution >= 4 is 0 Å². The largest absolute Gasteiger partial charge is 0.352 e. The van der Waals surface area contributed by atoms with Crippen molar-refractivity contribution in [2.45, 2.75) is 97.2 Å². The molecule has 0 aromatic heterocycles. The molecule has 2 nitrogen and oxygen atoms in total. The average Bonchev–Trinajstić information content (AvgIpc) is 2.77. The Hall–Kier alpha value is -0.860. The summed E-state index contributed by atoms with van der Waals surface area (Å²) in [5.41, 5.74) is 2.92. The van der Waals surface area contributed by atoms with E-state index in [0.29, 0.717) is 11.8 Å². The maximum absolute atomic E-state index is 6.16. The zero-order chi connectivity index (χ0) is 19.9. The molecule has 0 spiro atoms. The highest BCUT2D eigenvalue weighted by Gasteiger charge is 2.32. The molecule has 1 aliphatic heterocycles. The maximum Gasteiger partial charge on any atom is 0.160 e. The molecule has 1 aromatic rings. The molecule has 1 heterocycles. The summed E-state index contributed by atoms with van der Waals surface area (Å²) in [5, 5.41) is 0. The van der Waals surface area contributed by atoms with Gasteiger partial charge >= 0.3 is 0 Å². The Kier molecular flexibility index (Phi) is 8.41. The molecule has 0 unspecified atom stereocenters. The highest BCUT2D eigenvalue weighted by atomic mass is 16.7. The molecule has 158 valence electrons. The maximum atomic E-state index is 6.16. The highest BCUT2D eigenvalue weighted by Crippen LogP contribution is 2.37. The molecule has 2 aliphatic carbocycles. The van der Waals surface area contributed by atoms with Crippen LogP contribution in [-0.2, 0) is 9.47 Å². The molecular formula is C26H42O2. The van der Waals surface area contributed by atoms with E-state index in [2.05, 4.69) is 38.1 Å². The van der Waals surface area contributed by atoms with Crippen molar-refractivity contribution < 1.29 is 9.47 Å². The molecule has 2 saturated carbocycles. The minimum absolute atomic E-state index is 0.0438. The standard InChI is InChI=1S/C24H36O2.C2H6/c1-17-3-7-19(8-4-17)20-11-13-21(14-12-20)23-15-25-24(26-16-23)22-9-5-18(2)6-10-22;1-2/h11-14,17-19,22-24H,3-10,15-16H2,1-2H3;1-2H3. The Balaban J connectivity index is 0.00000109. The van der Waals surface area contributed by atoms with Crippen LogP contribution in [0.2, 0.25) is 0 Å². The van der Waals surface area contributed by atoms with Gasteiger partial charge in [0.1, 0.15) is 0 Å². The molecule has 28 heavy (non-hydrogen) atoms. The lowest BCUT2D eigenvalue weighted by Crippen LogP contribution is -2.37. The number of hydrogen-bond donors (Lipinski definition) is 0. The fourth-order valence-electron chi connectivity index (χ4n) is 5.17. The van der Waals surface area contributed by atoms with Crippen LogP contribution < -0.4 is 0 Å². The number of rotatable bonds is 3. The second-order valence-electron chi connectivity index (χ2n) is 9.38. The fraction of sp³-hybridized carbons (Fsp3) is 0.769. The van der Waals surface area contributed by atoms with Gasteiger partial charge in [-0.15, -0.1) is 0 Å². The van der Waals surface area contributed by atoms with Gasteiger partial charge in [-0.1, -0.05) is 77.6 Å². The van der Waals surface area contributed by atoms with Gasteiger partial charge in [0.05, 0.1) is 13.2 Å². The predicted octanol–water partition coefficient (Wildman–Crippen LogP) is 7.29. The minimum Gasteiger partial charge on any atom is -0.352 e. The second kappa shape index (κ2) is 10.8. The summed E-state index contributed by atoms with van der Waals surface area (Å²) in [7, 11) is 0. The third-order valence-electron chi connectivity index (χ3n) is 7.26. The minimum atomic E-state index is 0.0438. The Bertz CT molecular complexity index is 542. The lowest BCUT2D eigenvalue weighted by molar-refractivity contribution is -0.217. The molecule has 4 rings (SSSR count). The van der Waals surface area contributed by atoms with Gasteiger partial charge in [-0.05, 0) is 54.6 Å². The SMILES string of the molecule is CC.CC1CCC(c2ccc(C3COC(C4CCC(C)CC4)OC3)cc2)CC1. The first-order valence-electron chi connectivity index (χ1n) is 12.0. The molecular weight excluding hydrogens is 344 g/mol. The molecule has 3 aliphatic rings. The first kappa shape index (κ1) is 21.8. The first-order valence-corrected chi connectivity index (χ1v) is 12.0. The van der Waals surface area contributed by atoms with Crippen LogP contribution in [0.4, 0.5) is 0 Å². The highest BCUT2D eigenvalue weighted by molar-refractivity contribution is 5.28. The molecule has 3 fully saturated rings. The van der Waals surface area contributed by atoms with Crippen molar-refractivity contribution in [3.63, 3.8) is 0 Å². The Morgan fingerprint density at radius 1 is 0.607 bits per heavy atom. The van der Waals surface area contributed by atoms with Crippen molar-refractivity contribution in [1.29, 1.82) is 0 Å². The Labute approximate surface area is 173 Å². The van der Waals surface area contributed by atoms with E-state index in [1.807, 2.05) is 13.8 Å². The third kappa shape index (κ3) is 5.60. The van der Waals surface area contributed by atoms with Crippen molar-refractivity contribution in [3.05, 3.63) is 35.4 Å². The molecule has 1 aromatic carbocycles. The zero-order valence-corrected chi connectivity index (χ0v) is 18.7. The number of ether oxygens (including phenoxy) is 2. The van der Waals surface area contributed by atoms with Crippen LogP contribution in [0.3, 0.4) is 0 Å². The van der Waals surface area contributed by atoms with E-state index in [-0.39, 0.29) is 6.29 Å². The lowest BCUT2D eigenvalue weighted by Gasteiger charge is -2.37. The van der Waals surface area contributed by atoms with Gasteiger partial charge in [-0.25, -0.2) is 0 Å². The monoisotopic (exact) mass is 386 g/mol. The summed E-state index contributed by atoms with van der Waals surface area (Å²) in [6, 6.07) is 9.38. The lowest BCUT2D eigenvalue weighted by atomic mass is 9.79. The second-order valence-corrected chi connectivity index (χ2v) is 9.38. The molecule has 0 bridgehead atoms. The van der Waals surface area contributed by atoms with Crippen molar-refractivity contribution in [2.24, 2.45) is 17.8 Å². The Morgan fingerprint density at radius 3 is 1.54 bits per heavy atom. The summed E-state index contributed by atoms with van der Waals surface area (Å²) in [6.45, 7) is 10.4. The third-order valence-corrected chi connectivity index (χ3v) is 7.26. The van der Waals surface area contributed by atoms with E-state index in [1.165, 1.54) is 62.5 Å². The van der Waals surface area contributed by atoms with Gasteiger partial charge in [0.2, 0.25) is 0 Å². The number of benzene rings is 1. The van der Waals surface area contributed by atoms with E-state index < -0.39 is 0 Å². The summed E-state index contributed by atoms with van der Waals surface area (Å²) >= 11 is 0. The van der Waals surface area contributed by atoms with Gasteiger partial charge in [0.25, 0.3) is 0 Å². The molecule has 0 N–H and O–H groups in total.